The minimum atomic E-state index is -1.00. The van der Waals surface area contributed by atoms with Crippen molar-refractivity contribution in [1.29, 1.82) is 0 Å². The van der Waals surface area contributed by atoms with E-state index < -0.39 is 5.60 Å². The van der Waals surface area contributed by atoms with Crippen LogP contribution in [0.3, 0.4) is 0 Å². The van der Waals surface area contributed by atoms with Crippen molar-refractivity contribution in [3.63, 3.8) is 0 Å². The molecule has 0 aliphatic rings. The van der Waals surface area contributed by atoms with Gasteiger partial charge in [0.1, 0.15) is 17.1 Å². The third-order valence-electron chi connectivity index (χ3n) is 6.38. The van der Waals surface area contributed by atoms with Crippen LogP contribution in [-0.2, 0) is 17.8 Å². The summed E-state index contributed by atoms with van der Waals surface area (Å²) in [4.78, 5) is 34.7. The second-order valence-corrected chi connectivity index (χ2v) is 10.8. The predicted molar refractivity (Wildman–Crippen MR) is 166 cm³/mol. The molecule has 2 aromatic heterocycles. The maximum Gasteiger partial charge on any atom is 0.260 e. The molecule has 10 nitrogen and oxygen atoms in total. The Hall–Kier alpha value is -4.12. The normalized spacial score (nSPS) is 11.3. The third kappa shape index (κ3) is 6.84. The SMILES string of the molecule is C=CC(=O)Nc1ccc(CCn2c(=O)c(-c3c(Cl)c(OC)cc(OC)c3Cl)cc3cnc(NCC(C)(C)O)nc32)cc1. The number of nitrogens with zero attached hydrogens (tertiary/aromatic N) is 3. The number of halogens is 2. The van der Waals surface area contributed by atoms with Gasteiger partial charge in [0, 0.05) is 42.0 Å². The van der Waals surface area contributed by atoms with E-state index in [1.807, 2.05) is 12.1 Å². The van der Waals surface area contributed by atoms with Crippen molar-refractivity contribution >= 4 is 51.8 Å². The number of carbonyl (C=O) groups is 1. The molecule has 4 aromatic rings. The lowest BCUT2D eigenvalue weighted by atomic mass is 10.0. The second-order valence-electron chi connectivity index (χ2n) is 10.1. The highest BCUT2D eigenvalue weighted by Gasteiger charge is 2.23. The minimum Gasteiger partial charge on any atom is -0.495 e. The molecule has 0 saturated carbocycles. The van der Waals surface area contributed by atoms with Crippen LogP contribution < -0.4 is 25.7 Å². The number of pyridine rings is 1. The molecule has 0 saturated heterocycles. The third-order valence-corrected chi connectivity index (χ3v) is 7.13. The van der Waals surface area contributed by atoms with Crippen LogP contribution in [0.1, 0.15) is 19.4 Å². The fourth-order valence-electron chi connectivity index (χ4n) is 4.24. The first-order chi connectivity index (χ1) is 19.9. The number of hydrogen-bond acceptors (Lipinski definition) is 8. The highest BCUT2D eigenvalue weighted by Crippen LogP contribution is 2.45. The van der Waals surface area contributed by atoms with E-state index >= 15 is 0 Å². The minimum absolute atomic E-state index is 0.160. The van der Waals surface area contributed by atoms with E-state index in [1.54, 1.807) is 44.3 Å². The maximum absolute atomic E-state index is 14.1. The summed E-state index contributed by atoms with van der Waals surface area (Å²) < 4.78 is 12.4. The fraction of sp³-hybridized carbons (Fsp3) is 0.267. The van der Waals surface area contributed by atoms with Gasteiger partial charge in [0.2, 0.25) is 11.9 Å². The number of methoxy groups -OCH3 is 2. The molecule has 42 heavy (non-hydrogen) atoms. The van der Waals surface area contributed by atoms with Crippen LogP contribution in [0.4, 0.5) is 11.6 Å². The van der Waals surface area contributed by atoms with E-state index in [0.29, 0.717) is 34.6 Å². The number of carbonyl (C=O) groups excluding carboxylic acids is 1. The number of benzene rings is 2. The number of aliphatic hydroxyl groups is 1. The van der Waals surface area contributed by atoms with Crippen LogP contribution in [0, 0.1) is 0 Å². The van der Waals surface area contributed by atoms with Gasteiger partial charge in [0.05, 0.1) is 35.4 Å². The number of nitrogens with one attached hydrogen (secondary N) is 2. The van der Waals surface area contributed by atoms with Gasteiger partial charge in [-0.05, 0) is 50.1 Å². The first-order valence-corrected chi connectivity index (χ1v) is 13.7. The molecule has 0 spiro atoms. The number of aromatic nitrogens is 3. The van der Waals surface area contributed by atoms with Gasteiger partial charge >= 0.3 is 0 Å². The van der Waals surface area contributed by atoms with Crippen LogP contribution in [0.2, 0.25) is 10.0 Å². The standard InChI is InChI=1S/C30H31Cl2N5O5/c1-6-23(38)35-19-9-7-17(8-10-19)11-12-37-27-18(15-33-29(36-27)34-16-30(2,3)40)13-20(28(37)39)24-25(31)21(41-4)14-22(42-5)26(24)32/h6-10,13-15,40H,1,11-12,16H2,2-5H3,(H,35,38)(H,33,34,36). The molecule has 220 valence electrons. The molecule has 0 radical (unpaired) electrons. The van der Waals surface area contributed by atoms with Gasteiger partial charge in [-0.2, -0.15) is 4.98 Å². The Morgan fingerprint density at radius 3 is 2.33 bits per heavy atom. The number of fused-ring (bicyclic) bond motifs is 1. The van der Waals surface area contributed by atoms with Gasteiger partial charge in [0.15, 0.2) is 0 Å². The first-order valence-electron chi connectivity index (χ1n) is 12.9. The summed E-state index contributed by atoms with van der Waals surface area (Å²) in [5.41, 5.74) is 1.03. The summed E-state index contributed by atoms with van der Waals surface area (Å²) in [6.45, 7) is 7.23. The zero-order chi connectivity index (χ0) is 30.6. The Kier molecular flexibility index (Phi) is 9.40. The van der Waals surface area contributed by atoms with E-state index in [9.17, 15) is 14.7 Å². The zero-order valence-electron chi connectivity index (χ0n) is 23.6. The van der Waals surface area contributed by atoms with Crippen LogP contribution in [0.15, 0.2) is 60.0 Å². The maximum atomic E-state index is 14.1. The smallest absolute Gasteiger partial charge is 0.260 e. The van der Waals surface area contributed by atoms with Crippen molar-refractivity contribution in [3.8, 4) is 22.6 Å². The van der Waals surface area contributed by atoms with Gasteiger partial charge < -0.3 is 25.2 Å². The fourth-order valence-corrected chi connectivity index (χ4v) is 4.94. The summed E-state index contributed by atoms with van der Waals surface area (Å²) in [5.74, 6) is 0.541. The van der Waals surface area contributed by atoms with Crippen LogP contribution in [0.5, 0.6) is 11.5 Å². The Balaban J connectivity index is 1.84. The molecule has 0 atom stereocenters. The molecule has 3 N–H and O–H groups in total. The van der Waals surface area contributed by atoms with Crippen molar-refractivity contribution in [2.24, 2.45) is 0 Å². The van der Waals surface area contributed by atoms with Crippen molar-refractivity contribution in [2.45, 2.75) is 32.4 Å². The van der Waals surface area contributed by atoms with Crippen molar-refractivity contribution in [3.05, 3.63) is 81.2 Å². The average Bonchev–Trinajstić information content (AvgIpc) is 2.96. The summed E-state index contributed by atoms with van der Waals surface area (Å²) in [6.07, 6.45) is 3.25. The lowest BCUT2D eigenvalue weighted by Crippen LogP contribution is -2.30. The lowest BCUT2D eigenvalue weighted by molar-refractivity contribution is -0.111. The van der Waals surface area contributed by atoms with E-state index in [2.05, 4.69) is 27.2 Å². The predicted octanol–water partition coefficient (Wildman–Crippen LogP) is 5.33. The number of rotatable bonds is 11. The van der Waals surface area contributed by atoms with Crippen LogP contribution >= 0.6 is 23.2 Å². The number of hydrogen-bond donors (Lipinski definition) is 3. The van der Waals surface area contributed by atoms with Gasteiger partial charge in [0.25, 0.3) is 5.56 Å². The molecule has 2 heterocycles. The van der Waals surface area contributed by atoms with E-state index in [1.165, 1.54) is 24.9 Å². The highest BCUT2D eigenvalue weighted by atomic mass is 35.5. The Bertz CT molecular complexity index is 1670. The number of anilines is 2. The Labute approximate surface area is 252 Å². The zero-order valence-corrected chi connectivity index (χ0v) is 25.1. The molecule has 0 aliphatic heterocycles. The molecule has 0 bridgehead atoms. The second kappa shape index (κ2) is 12.8. The summed E-state index contributed by atoms with van der Waals surface area (Å²) >= 11 is 13.4. The quantitative estimate of drug-likeness (QED) is 0.194. The van der Waals surface area contributed by atoms with Crippen LogP contribution in [0.25, 0.3) is 22.2 Å². The molecule has 0 fully saturated rings. The topological polar surface area (TPSA) is 128 Å². The highest BCUT2D eigenvalue weighted by molar-refractivity contribution is 6.41. The van der Waals surface area contributed by atoms with Crippen LogP contribution in [-0.4, -0.2) is 51.9 Å². The van der Waals surface area contributed by atoms with E-state index in [0.717, 1.165) is 5.56 Å². The van der Waals surface area contributed by atoms with Crippen molar-refractivity contribution < 1.29 is 19.4 Å². The van der Waals surface area contributed by atoms with E-state index in [-0.39, 0.29) is 51.7 Å². The number of ether oxygens (including phenoxy) is 2. The van der Waals surface area contributed by atoms with Gasteiger partial charge in [-0.25, -0.2) is 4.98 Å². The lowest BCUT2D eigenvalue weighted by Gasteiger charge is -2.19. The van der Waals surface area contributed by atoms with Gasteiger partial charge in [-0.1, -0.05) is 41.9 Å². The molecule has 0 aliphatic carbocycles. The molecular formula is C30H31Cl2N5O5. The largest absolute Gasteiger partial charge is 0.495 e. The summed E-state index contributed by atoms with van der Waals surface area (Å²) in [6, 6.07) is 10.5. The molecule has 4 rings (SSSR count). The summed E-state index contributed by atoms with van der Waals surface area (Å²) in [7, 11) is 2.92. The molecule has 12 heteroatoms. The molecular weight excluding hydrogens is 581 g/mol. The first kappa shape index (κ1) is 30.8. The number of amides is 1. The van der Waals surface area contributed by atoms with Crippen molar-refractivity contribution in [2.75, 3.05) is 31.4 Å². The number of aryl methyl sites for hydroxylation is 2. The van der Waals surface area contributed by atoms with E-state index in [4.69, 9.17) is 32.7 Å². The van der Waals surface area contributed by atoms with Crippen molar-refractivity contribution in [1.82, 2.24) is 14.5 Å². The van der Waals surface area contributed by atoms with Gasteiger partial charge in [-0.15, -0.1) is 0 Å². The Morgan fingerprint density at radius 2 is 1.76 bits per heavy atom. The molecule has 0 unspecified atom stereocenters. The summed E-state index contributed by atoms with van der Waals surface area (Å²) in [5, 5.41) is 16.7. The molecule has 2 aromatic carbocycles. The van der Waals surface area contributed by atoms with Gasteiger partial charge in [-0.3, -0.25) is 14.2 Å². The monoisotopic (exact) mass is 611 g/mol. The Morgan fingerprint density at radius 1 is 1.12 bits per heavy atom. The average molecular weight is 613 g/mol. The molecule has 1 amide bonds.